The predicted octanol–water partition coefficient (Wildman–Crippen LogP) is 1.85. The molecule has 1 saturated carbocycles. The van der Waals surface area contributed by atoms with Crippen LogP contribution in [0.15, 0.2) is 18.5 Å². The number of carbonyl (C=O) groups excluding carboxylic acids is 2. The van der Waals surface area contributed by atoms with E-state index < -0.39 is 0 Å². The summed E-state index contributed by atoms with van der Waals surface area (Å²) in [7, 11) is 1.77. The summed E-state index contributed by atoms with van der Waals surface area (Å²) in [5.41, 5.74) is 0.915. The van der Waals surface area contributed by atoms with Gasteiger partial charge in [0.15, 0.2) is 0 Å². The highest BCUT2D eigenvalue weighted by Crippen LogP contribution is 2.19. The minimum atomic E-state index is -0.147. The SMILES string of the molecule is CCCCN(C)C(=O)c1cncc(C(=O)NC2CC2)c1. The monoisotopic (exact) mass is 275 g/mol. The highest BCUT2D eigenvalue weighted by molar-refractivity contribution is 5.99. The molecule has 0 aromatic carbocycles. The zero-order valence-corrected chi connectivity index (χ0v) is 12.1. The molecule has 1 heterocycles. The van der Waals surface area contributed by atoms with Crippen LogP contribution in [0.25, 0.3) is 0 Å². The number of aromatic nitrogens is 1. The van der Waals surface area contributed by atoms with Gasteiger partial charge in [-0.3, -0.25) is 14.6 Å². The van der Waals surface area contributed by atoms with Crippen molar-refractivity contribution >= 4 is 11.8 Å². The van der Waals surface area contributed by atoms with E-state index in [4.69, 9.17) is 0 Å². The number of rotatable bonds is 6. The van der Waals surface area contributed by atoms with Crippen molar-refractivity contribution in [3.63, 3.8) is 0 Å². The van der Waals surface area contributed by atoms with Crippen LogP contribution in [-0.4, -0.2) is 41.3 Å². The molecule has 0 radical (unpaired) electrons. The molecule has 0 unspecified atom stereocenters. The number of unbranched alkanes of at least 4 members (excludes halogenated alkanes) is 1. The first-order valence-electron chi connectivity index (χ1n) is 7.13. The van der Waals surface area contributed by atoms with Gasteiger partial charge in [-0.1, -0.05) is 13.3 Å². The number of amides is 2. The van der Waals surface area contributed by atoms with Gasteiger partial charge in [-0.05, 0) is 25.3 Å². The topological polar surface area (TPSA) is 62.3 Å². The fourth-order valence-electron chi connectivity index (χ4n) is 1.89. The van der Waals surface area contributed by atoms with Crippen LogP contribution >= 0.6 is 0 Å². The van der Waals surface area contributed by atoms with Crippen molar-refractivity contribution in [2.45, 2.75) is 38.6 Å². The smallest absolute Gasteiger partial charge is 0.255 e. The summed E-state index contributed by atoms with van der Waals surface area (Å²) in [5, 5.41) is 2.90. The second kappa shape index (κ2) is 6.50. The average Bonchev–Trinajstić information content (AvgIpc) is 3.28. The Morgan fingerprint density at radius 2 is 2.05 bits per heavy atom. The van der Waals surface area contributed by atoms with E-state index in [1.165, 1.54) is 12.4 Å². The Labute approximate surface area is 119 Å². The maximum Gasteiger partial charge on any atom is 0.255 e. The predicted molar refractivity (Wildman–Crippen MR) is 76.6 cm³/mol. The lowest BCUT2D eigenvalue weighted by atomic mass is 10.1. The summed E-state index contributed by atoms with van der Waals surface area (Å²) < 4.78 is 0. The third-order valence-corrected chi connectivity index (χ3v) is 3.35. The van der Waals surface area contributed by atoms with Crippen molar-refractivity contribution in [3.05, 3.63) is 29.6 Å². The Hall–Kier alpha value is -1.91. The number of carbonyl (C=O) groups is 2. The van der Waals surface area contributed by atoms with Crippen molar-refractivity contribution in [3.8, 4) is 0 Å². The average molecular weight is 275 g/mol. The van der Waals surface area contributed by atoms with Crippen LogP contribution in [-0.2, 0) is 0 Å². The molecule has 5 nitrogen and oxygen atoms in total. The first-order chi connectivity index (χ1) is 9.61. The first-order valence-corrected chi connectivity index (χ1v) is 7.13. The van der Waals surface area contributed by atoms with E-state index in [1.807, 2.05) is 0 Å². The zero-order valence-electron chi connectivity index (χ0n) is 12.1. The van der Waals surface area contributed by atoms with Gasteiger partial charge < -0.3 is 10.2 Å². The van der Waals surface area contributed by atoms with Gasteiger partial charge in [0.25, 0.3) is 11.8 Å². The summed E-state index contributed by atoms with van der Waals surface area (Å²) in [6, 6.07) is 1.92. The molecule has 108 valence electrons. The Morgan fingerprint density at radius 1 is 1.35 bits per heavy atom. The van der Waals surface area contributed by atoms with E-state index in [-0.39, 0.29) is 11.8 Å². The molecule has 0 aliphatic heterocycles. The number of nitrogens with one attached hydrogen (secondary N) is 1. The van der Waals surface area contributed by atoms with Gasteiger partial charge >= 0.3 is 0 Å². The van der Waals surface area contributed by atoms with Crippen LogP contribution in [0.4, 0.5) is 0 Å². The van der Waals surface area contributed by atoms with Gasteiger partial charge in [0.05, 0.1) is 11.1 Å². The quantitative estimate of drug-likeness (QED) is 0.861. The second-order valence-corrected chi connectivity index (χ2v) is 5.29. The van der Waals surface area contributed by atoms with E-state index in [1.54, 1.807) is 18.0 Å². The minimum Gasteiger partial charge on any atom is -0.349 e. The Bertz CT molecular complexity index is 498. The van der Waals surface area contributed by atoms with Crippen LogP contribution in [0.5, 0.6) is 0 Å². The molecular formula is C15H21N3O2. The molecule has 0 saturated heterocycles. The molecule has 0 spiro atoms. The van der Waals surface area contributed by atoms with Crippen LogP contribution in [0.3, 0.4) is 0 Å². The summed E-state index contributed by atoms with van der Waals surface area (Å²) in [4.78, 5) is 29.8. The van der Waals surface area contributed by atoms with Crippen molar-refractivity contribution in [1.29, 1.82) is 0 Å². The molecule has 1 N–H and O–H groups in total. The van der Waals surface area contributed by atoms with Gasteiger partial charge in [0.1, 0.15) is 0 Å². The second-order valence-electron chi connectivity index (χ2n) is 5.29. The number of hydrogen-bond donors (Lipinski definition) is 1. The summed E-state index contributed by atoms with van der Waals surface area (Å²) in [5.74, 6) is -0.238. The largest absolute Gasteiger partial charge is 0.349 e. The van der Waals surface area contributed by atoms with E-state index >= 15 is 0 Å². The van der Waals surface area contributed by atoms with Crippen LogP contribution in [0, 0.1) is 0 Å². The normalized spacial score (nSPS) is 13.9. The molecule has 1 aliphatic rings. The molecule has 5 heteroatoms. The van der Waals surface area contributed by atoms with E-state index in [9.17, 15) is 9.59 Å². The maximum absolute atomic E-state index is 12.2. The fraction of sp³-hybridized carbons (Fsp3) is 0.533. The first kappa shape index (κ1) is 14.5. The van der Waals surface area contributed by atoms with Gasteiger partial charge in [-0.25, -0.2) is 0 Å². The lowest BCUT2D eigenvalue weighted by molar-refractivity contribution is 0.0793. The minimum absolute atomic E-state index is 0.0907. The van der Waals surface area contributed by atoms with Gasteiger partial charge in [0.2, 0.25) is 0 Å². The van der Waals surface area contributed by atoms with Crippen molar-refractivity contribution in [2.24, 2.45) is 0 Å². The number of hydrogen-bond acceptors (Lipinski definition) is 3. The van der Waals surface area contributed by atoms with Crippen LogP contribution in [0.2, 0.25) is 0 Å². The number of pyridine rings is 1. The lowest BCUT2D eigenvalue weighted by Gasteiger charge is -2.16. The number of nitrogens with zero attached hydrogens (tertiary/aromatic N) is 2. The van der Waals surface area contributed by atoms with Gasteiger partial charge in [-0.15, -0.1) is 0 Å². The Morgan fingerprint density at radius 3 is 2.70 bits per heavy atom. The molecule has 1 aliphatic carbocycles. The zero-order chi connectivity index (χ0) is 14.5. The molecule has 2 rings (SSSR count). The molecule has 0 atom stereocenters. The van der Waals surface area contributed by atoms with Gasteiger partial charge in [0, 0.05) is 32.0 Å². The van der Waals surface area contributed by atoms with E-state index in [0.29, 0.717) is 23.7 Å². The lowest BCUT2D eigenvalue weighted by Crippen LogP contribution is -2.29. The maximum atomic E-state index is 12.2. The van der Waals surface area contributed by atoms with Crippen molar-refractivity contribution in [1.82, 2.24) is 15.2 Å². The molecule has 2 amide bonds. The van der Waals surface area contributed by atoms with Crippen LogP contribution in [0.1, 0.15) is 53.3 Å². The summed E-state index contributed by atoms with van der Waals surface area (Å²) in [6.45, 7) is 2.80. The van der Waals surface area contributed by atoms with Gasteiger partial charge in [-0.2, -0.15) is 0 Å². The highest BCUT2D eigenvalue weighted by Gasteiger charge is 2.24. The highest BCUT2D eigenvalue weighted by atomic mass is 16.2. The molecule has 0 bridgehead atoms. The fourth-order valence-corrected chi connectivity index (χ4v) is 1.89. The summed E-state index contributed by atoms with van der Waals surface area (Å²) >= 11 is 0. The standard InChI is InChI=1S/C15H21N3O2/c1-3-4-7-18(2)15(20)12-8-11(9-16-10-12)14(19)17-13-5-6-13/h8-10,13H,3-7H2,1-2H3,(H,17,19). The van der Waals surface area contributed by atoms with E-state index in [0.717, 1.165) is 25.7 Å². The van der Waals surface area contributed by atoms with Crippen LogP contribution < -0.4 is 5.32 Å². The molecule has 1 aromatic heterocycles. The molecular weight excluding hydrogens is 254 g/mol. The van der Waals surface area contributed by atoms with Crippen molar-refractivity contribution < 1.29 is 9.59 Å². The van der Waals surface area contributed by atoms with Crippen molar-refractivity contribution in [2.75, 3.05) is 13.6 Å². The third-order valence-electron chi connectivity index (χ3n) is 3.35. The third kappa shape index (κ3) is 3.79. The Balaban J connectivity index is 2.04. The molecule has 1 aromatic rings. The Kier molecular flexibility index (Phi) is 4.71. The molecule has 20 heavy (non-hydrogen) atoms. The van der Waals surface area contributed by atoms with E-state index in [2.05, 4.69) is 17.2 Å². The summed E-state index contributed by atoms with van der Waals surface area (Å²) in [6.07, 6.45) is 7.10. The molecule has 1 fully saturated rings.